The lowest BCUT2D eigenvalue weighted by Crippen LogP contribution is -2.10. The van der Waals surface area contributed by atoms with Gasteiger partial charge in [-0.05, 0) is 36.2 Å². The fourth-order valence-electron chi connectivity index (χ4n) is 2.35. The molecule has 0 aliphatic heterocycles. The van der Waals surface area contributed by atoms with Crippen molar-refractivity contribution < 1.29 is 0 Å². The summed E-state index contributed by atoms with van der Waals surface area (Å²) in [5, 5.41) is 4.40. The molecule has 0 aliphatic carbocycles. The molecule has 106 valence electrons. The zero-order valence-electron chi connectivity index (χ0n) is 12.0. The van der Waals surface area contributed by atoms with Crippen molar-refractivity contribution in [2.75, 3.05) is 5.32 Å². The van der Waals surface area contributed by atoms with Crippen LogP contribution in [0, 0.1) is 0 Å². The first-order valence-electron chi connectivity index (χ1n) is 7.36. The van der Waals surface area contributed by atoms with E-state index >= 15 is 0 Å². The van der Waals surface area contributed by atoms with Crippen molar-refractivity contribution in [2.24, 2.45) is 0 Å². The van der Waals surface area contributed by atoms with Gasteiger partial charge < -0.3 is 5.32 Å². The normalized spacial score (nSPS) is 12.1. The summed E-state index contributed by atoms with van der Waals surface area (Å²) in [7, 11) is 0. The minimum Gasteiger partial charge on any atom is -0.378 e. The van der Waals surface area contributed by atoms with Crippen molar-refractivity contribution in [1.29, 1.82) is 0 Å². The molecule has 0 radical (unpaired) electrons. The first kappa shape index (κ1) is 14.9. The SMILES string of the molecule is CCCCCC(Nc1ccc(Cl)cc1)c1ccccc1. The number of nitrogens with one attached hydrogen (secondary N) is 1. The van der Waals surface area contributed by atoms with Crippen molar-refractivity contribution in [1.82, 2.24) is 0 Å². The van der Waals surface area contributed by atoms with E-state index in [9.17, 15) is 0 Å². The summed E-state index contributed by atoms with van der Waals surface area (Å²) in [6, 6.07) is 19.0. The second-order valence-corrected chi connectivity index (χ2v) is 5.55. The molecule has 2 aromatic rings. The Hall–Kier alpha value is -1.47. The van der Waals surface area contributed by atoms with E-state index in [1.165, 1.54) is 24.8 Å². The molecule has 0 aliphatic rings. The molecule has 0 bridgehead atoms. The van der Waals surface area contributed by atoms with Crippen LogP contribution in [0.1, 0.15) is 44.2 Å². The van der Waals surface area contributed by atoms with Crippen LogP contribution in [-0.2, 0) is 0 Å². The molecule has 2 heteroatoms. The van der Waals surface area contributed by atoms with E-state index in [0.29, 0.717) is 6.04 Å². The number of benzene rings is 2. The standard InChI is InChI=1S/C18H22ClN/c1-2-3-5-10-18(15-8-6-4-7-9-15)20-17-13-11-16(19)12-14-17/h4,6-9,11-14,18,20H,2-3,5,10H2,1H3. The van der Waals surface area contributed by atoms with Crippen LogP contribution in [-0.4, -0.2) is 0 Å². The first-order chi connectivity index (χ1) is 9.79. The average molecular weight is 288 g/mol. The molecule has 1 N–H and O–H groups in total. The third kappa shape index (κ3) is 4.57. The number of unbranched alkanes of at least 4 members (excludes halogenated alkanes) is 2. The molecule has 0 heterocycles. The molecule has 0 saturated heterocycles. The summed E-state index contributed by atoms with van der Waals surface area (Å²) < 4.78 is 0. The van der Waals surface area contributed by atoms with Crippen molar-refractivity contribution in [3.05, 3.63) is 65.2 Å². The Bertz CT molecular complexity index is 493. The van der Waals surface area contributed by atoms with Gasteiger partial charge in [-0.15, -0.1) is 0 Å². The van der Waals surface area contributed by atoms with Crippen molar-refractivity contribution in [3.8, 4) is 0 Å². The van der Waals surface area contributed by atoms with Crippen LogP contribution in [0.2, 0.25) is 5.02 Å². The van der Waals surface area contributed by atoms with Crippen LogP contribution in [0.4, 0.5) is 5.69 Å². The van der Waals surface area contributed by atoms with Gasteiger partial charge in [0.1, 0.15) is 0 Å². The number of halogens is 1. The van der Waals surface area contributed by atoms with Gasteiger partial charge in [0.2, 0.25) is 0 Å². The van der Waals surface area contributed by atoms with Gasteiger partial charge >= 0.3 is 0 Å². The molecule has 20 heavy (non-hydrogen) atoms. The smallest absolute Gasteiger partial charge is 0.0513 e. The van der Waals surface area contributed by atoms with E-state index in [2.05, 4.69) is 42.6 Å². The molecule has 0 saturated carbocycles. The van der Waals surface area contributed by atoms with Gasteiger partial charge in [0.05, 0.1) is 6.04 Å². The number of hydrogen-bond donors (Lipinski definition) is 1. The van der Waals surface area contributed by atoms with E-state index in [-0.39, 0.29) is 0 Å². The summed E-state index contributed by atoms with van der Waals surface area (Å²) in [5.41, 5.74) is 2.47. The Morgan fingerprint density at radius 2 is 1.65 bits per heavy atom. The van der Waals surface area contributed by atoms with Crippen LogP contribution < -0.4 is 5.32 Å². The molecule has 0 spiro atoms. The maximum atomic E-state index is 5.94. The Morgan fingerprint density at radius 3 is 2.30 bits per heavy atom. The second kappa shape index (κ2) is 7.96. The summed E-state index contributed by atoms with van der Waals surface area (Å²) in [6.45, 7) is 2.24. The van der Waals surface area contributed by atoms with Gasteiger partial charge in [0.25, 0.3) is 0 Å². The Balaban J connectivity index is 2.07. The molecular weight excluding hydrogens is 266 g/mol. The molecule has 1 nitrogen and oxygen atoms in total. The maximum Gasteiger partial charge on any atom is 0.0513 e. The lowest BCUT2D eigenvalue weighted by molar-refractivity contribution is 0.606. The Morgan fingerprint density at radius 1 is 0.950 bits per heavy atom. The van der Waals surface area contributed by atoms with Crippen LogP contribution in [0.25, 0.3) is 0 Å². The first-order valence-corrected chi connectivity index (χ1v) is 7.74. The number of anilines is 1. The zero-order valence-corrected chi connectivity index (χ0v) is 12.7. The maximum absolute atomic E-state index is 5.94. The highest BCUT2D eigenvalue weighted by molar-refractivity contribution is 6.30. The third-order valence-corrected chi connectivity index (χ3v) is 3.74. The molecule has 1 atom stereocenters. The van der Waals surface area contributed by atoms with Crippen molar-refractivity contribution in [2.45, 2.75) is 38.6 Å². The average Bonchev–Trinajstić information content (AvgIpc) is 2.49. The largest absolute Gasteiger partial charge is 0.378 e. The van der Waals surface area contributed by atoms with Crippen LogP contribution in [0.5, 0.6) is 0 Å². The molecule has 0 amide bonds. The topological polar surface area (TPSA) is 12.0 Å². The van der Waals surface area contributed by atoms with Gasteiger partial charge in [-0.25, -0.2) is 0 Å². The van der Waals surface area contributed by atoms with E-state index in [1.807, 2.05) is 24.3 Å². The Kier molecular flexibility index (Phi) is 5.94. The van der Waals surface area contributed by atoms with Gasteiger partial charge in [-0.3, -0.25) is 0 Å². The fraction of sp³-hybridized carbons (Fsp3) is 0.333. The van der Waals surface area contributed by atoms with Gasteiger partial charge in [-0.1, -0.05) is 68.1 Å². The van der Waals surface area contributed by atoms with Gasteiger partial charge in [-0.2, -0.15) is 0 Å². The Labute approximate surface area is 127 Å². The van der Waals surface area contributed by atoms with Crippen molar-refractivity contribution in [3.63, 3.8) is 0 Å². The highest BCUT2D eigenvalue weighted by atomic mass is 35.5. The predicted molar refractivity (Wildman–Crippen MR) is 88.4 cm³/mol. The van der Waals surface area contributed by atoms with Crippen LogP contribution in [0.3, 0.4) is 0 Å². The molecule has 2 aromatic carbocycles. The highest BCUT2D eigenvalue weighted by Crippen LogP contribution is 2.25. The van der Waals surface area contributed by atoms with Crippen LogP contribution in [0.15, 0.2) is 54.6 Å². The minimum absolute atomic E-state index is 0.365. The fourth-order valence-corrected chi connectivity index (χ4v) is 2.48. The van der Waals surface area contributed by atoms with E-state index in [4.69, 9.17) is 11.6 Å². The predicted octanol–water partition coefficient (Wildman–Crippen LogP) is 6.07. The molecule has 2 rings (SSSR count). The summed E-state index contributed by atoms with van der Waals surface area (Å²) in [6.07, 6.45) is 4.94. The second-order valence-electron chi connectivity index (χ2n) is 5.11. The summed E-state index contributed by atoms with van der Waals surface area (Å²) >= 11 is 5.94. The monoisotopic (exact) mass is 287 g/mol. The van der Waals surface area contributed by atoms with Gasteiger partial charge in [0.15, 0.2) is 0 Å². The third-order valence-electron chi connectivity index (χ3n) is 3.48. The number of rotatable bonds is 7. The molecule has 0 aromatic heterocycles. The zero-order chi connectivity index (χ0) is 14.2. The molecule has 1 unspecified atom stereocenters. The minimum atomic E-state index is 0.365. The summed E-state index contributed by atoms with van der Waals surface area (Å²) in [4.78, 5) is 0. The van der Waals surface area contributed by atoms with E-state index < -0.39 is 0 Å². The van der Waals surface area contributed by atoms with Crippen molar-refractivity contribution >= 4 is 17.3 Å². The van der Waals surface area contributed by atoms with E-state index in [1.54, 1.807) is 0 Å². The summed E-state index contributed by atoms with van der Waals surface area (Å²) in [5.74, 6) is 0. The quantitative estimate of drug-likeness (QED) is 0.609. The lowest BCUT2D eigenvalue weighted by atomic mass is 10.00. The molecular formula is C18H22ClN. The molecule has 0 fully saturated rings. The van der Waals surface area contributed by atoms with E-state index in [0.717, 1.165) is 17.1 Å². The van der Waals surface area contributed by atoms with Gasteiger partial charge in [0, 0.05) is 10.7 Å². The highest BCUT2D eigenvalue weighted by Gasteiger charge is 2.10. The number of hydrogen-bond acceptors (Lipinski definition) is 1. The lowest BCUT2D eigenvalue weighted by Gasteiger charge is -2.20. The van der Waals surface area contributed by atoms with Crippen LogP contribution >= 0.6 is 11.6 Å².